The summed E-state index contributed by atoms with van der Waals surface area (Å²) in [6.07, 6.45) is 16.8. The van der Waals surface area contributed by atoms with E-state index in [9.17, 15) is 35.1 Å². The molecule has 1 N–H and O–H groups in total. The molecule has 6 aliphatic rings. The van der Waals surface area contributed by atoms with Crippen LogP contribution >= 0.6 is 34.8 Å². The summed E-state index contributed by atoms with van der Waals surface area (Å²) >= 11 is 16.4. The Morgan fingerprint density at radius 1 is 0.491 bits per heavy atom. The van der Waals surface area contributed by atoms with Gasteiger partial charge in [0.2, 0.25) is 0 Å². The first-order valence-electron chi connectivity index (χ1n) is 35.7. The molecule has 0 unspecified atom stereocenters. The maximum absolute atomic E-state index is 13.6. The fourth-order valence-electron chi connectivity index (χ4n) is 12.6. The van der Waals surface area contributed by atoms with E-state index < -0.39 is 30.8 Å². The van der Waals surface area contributed by atoms with Crippen molar-refractivity contribution >= 4 is 92.6 Å². The summed E-state index contributed by atoms with van der Waals surface area (Å²) in [6.45, 7) is 16.2. The minimum Gasteiger partial charge on any atom is -0.497 e. The van der Waals surface area contributed by atoms with E-state index in [1.807, 2.05) is 97.0 Å². The number of benzene rings is 2. The number of rotatable bonds is 12. The van der Waals surface area contributed by atoms with Crippen molar-refractivity contribution < 1.29 is 53.9 Å². The van der Waals surface area contributed by atoms with Crippen molar-refractivity contribution in [2.24, 2.45) is 4.99 Å². The summed E-state index contributed by atoms with van der Waals surface area (Å²) in [6, 6.07) is 21.9. The van der Waals surface area contributed by atoms with Crippen LogP contribution in [0.5, 0.6) is 11.5 Å². The zero-order chi connectivity index (χ0) is 79.9. The van der Waals surface area contributed by atoms with Crippen LogP contribution in [0.2, 0.25) is 15.5 Å². The first kappa shape index (κ1) is 81.6. The second-order valence-electron chi connectivity index (χ2n) is 28.4. The van der Waals surface area contributed by atoms with Crippen LogP contribution in [0.4, 0.5) is 52.6 Å². The number of anilines is 3. The van der Waals surface area contributed by atoms with Gasteiger partial charge in [0.05, 0.1) is 149 Å². The van der Waals surface area contributed by atoms with Gasteiger partial charge in [0.25, 0.3) is 23.7 Å². The number of methoxy groups -OCH3 is 2. The van der Waals surface area contributed by atoms with Gasteiger partial charge in [-0.15, -0.1) is 0 Å². The molecule has 0 radical (unpaired) electrons. The molecule has 11 aromatic rings. The van der Waals surface area contributed by atoms with Crippen molar-refractivity contribution in [3.05, 3.63) is 184 Å². The Kier molecular flexibility index (Phi) is 24.9. The number of nitrogens with zero attached hydrogens (tertiary/aromatic N) is 19. The third-order valence-electron chi connectivity index (χ3n) is 19.4. The Bertz CT molecular complexity index is 5110. The second kappa shape index (κ2) is 34.2. The van der Waals surface area contributed by atoms with Gasteiger partial charge in [-0.05, 0) is 102 Å². The van der Waals surface area contributed by atoms with E-state index in [1.54, 1.807) is 48.8 Å². The van der Waals surface area contributed by atoms with Gasteiger partial charge >= 0.3 is 7.12 Å². The average molecular weight is 1610 g/mol. The fourth-order valence-corrected chi connectivity index (χ4v) is 13.1. The highest BCUT2D eigenvalue weighted by atomic mass is 35.5. The molecule has 588 valence electrons. The predicted octanol–water partition coefficient (Wildman–Crippen LogP) is 14.3. The lowest BCUT2D eigenvalue weighted by Crippen LogP contribution is -2.41. The highest BCUT2D eigenvalue weighted by Crippen LogP contribution is 2.38. The van der Waals surface area contributed by atoms with Crippen LogP contribution in [0.15, 0.2) is 140 Å². The van der Waals surface area contributed by atoms with E-state index >= 15 is 0 Å². The molecule has 15 heterocycles. The van der Waals surface area contributed by atoms with E-state index in [-0.39, 0.29) is 74.8 Å². The number of pyridine rings is 3. The number of aliphatic imine (C=N–C) groups is 1. The summed E-state index contributed by atoms with van der Waals surface area (Å²) in [5.74, 6) is -7.39. The van der Waals surface area contributed by atoms with Crippen LogP contribution in [0.3, 0.4) is 0 Å². The molecule has 5 fully saturated rings. The smallest absolute Gasteiger partial charge is 0.496 e. The number of hydrogen-bond donors (Lipinski definition) is 1. The van der Waals surface area contributed by atoms with Gasteiger partial charge in [0.15, 0.2) is 11.3 Å². The Balaban J connectivity index is 0.000000133. The summed E-state index contributed by atoms with van der Waals surface area (Å²) < 4.78 is 130. The van der Waals surface area contributed by atoms with Crippen LogP contribution in [0, 0.1) is 13.8 Å². The molecular weight excluding hydrogens is 1530 g/mol. The van der Waals surface area contributed by atoms with Gasteiger partial charge in [-0.25, -0.2) is 74.4 Å². The maximum Gasteiger partial charge on any atom is 0.496 e. The SMILES string of the molecule is CC1=NCc2ncc(-c3cncc(N4CCC(F)(F)C4)n3)cc21.COc1ccc(Cn2nc(C)c3cc(-c4cncc(N5CCC(F)(F)C5)n4)cnc32)cc1.COc1ccc(Cn2nc(C)c3cc(B4OC(C)(C)C(C)(C)O4)cnc32)cc1.Clc1cncc(Cl)n1.FC1(F)CCN(c2cncc(Cl)n2)C1.FC1(F)CCNC1. The molecule has 0 bridgehead atoms. The first-order chi connectivity index (χ1) is 53.2. The lowest BCUT2D eigenvalue weighted by molar-refractivity contribution is 0.00578. The lowest BCUT2D eigenvalue weighted by Gasteiger charge is -2.32. The van der Waals surface area contributed by atoms with E-state index in [0.717, 1.165) is 89.6 Å². The minimum absolute atomic E-state index is 0.00694. The van der Waals surface area contributed by atoms with Crippen LogP contribution in [0.25, 0.3) is 44.6 Å². The zero-order valence-electron chi connectivity index (χ0n) is 62.7. The molecule has 17 rings (SSSR count). The molecule has 24 nitrogen and oxygen atoms in total. The monoisotopic (exact) mass is 1600 g/mol. The molecule has 0 spiro atoms. The van der Waals surface area contributed by atoms with Crippen molar-refractivity contribution in [1.82, 2.24) is 79.7 Å². The van der Waals surface area contributed by atoms with Gasteiger partial charge in [-0.3, -0.25) is 29.9 Å². The molecule has 0 amide bonds. The second-order valence-corrected chi connectivity index (χ2v) is 29.5. The Morgan fingerprint density at radius 2 is 0.920 bits per heavy atom. The Labute approximate surface area is 655 Å². The van der Waals surface area contributed by atoms with Gasteiger partial charge in [0, 0.05) is 109 Å². The molecular formula is C76H80BCl3F8N20O4. The predicted molar refractivity (Wildman–Crippen MR) is 414 cm³/mol. The van der Waals surface area contributed by atoms with Gasteiger partial charge in [0.1, 0.15) is 44.4 Å². The topological polar surface area (TPSA) is 248 Å². The number of halogens is 11. The van der Waals surface area contributed by atoms with Crippen LogP contribution < -0.4 is 35.0 Å². The van der Waals surface area contributed by atoms with Crippen molar-refractivity contribution in [3.8, 4) is 34.0 Å². The summed E-state index contributed by atoms with van der Waals surface area (Å²) in [5.41, 5.74) is 11.5. The molecule has 0 saturated carbocycles. The quantitative estimate of drug-likeness (QED) is 0.0881. The molecule has 9 aromatic heterocycles. The molecule has 0 atom stereocenters. The Hall–Kier alpha value is -9.93. The number of hydrogen-bond acceptors (Lipinski definition) is 22. The van der Waals surface area contributed by atoms with Gasteiger partial charge in [-0.1, -0.05) is 59.1 Å². The minimum atomic E-state index is -2.69. The average Bonchev–Trinajstić information content (AvgIpc) is 1.61. The van der Waals surface area contributed by atoms with Crippen molar-refractivity contribution in [2.75, 3.05) is 81.3 Å². The highest BCUT2D eigenvalue weighted by molar-refractivity contribution is 6.62. The largest absolute Gasteiger partial charge is 0.497 e. The summed E-state index contributed by atoms with van der Waals surface area (Å²) in [4.78, 5) is 55.2. The molecule has 0 aliphatic carbocycles. The van der Waals surface area contributed by atoms with Crippen molar-refractivity contribution in [1.29, 1.82) is 0 Å². The van der Waals surface area contributed by atoms with Crippen LogP contribution in [0.1, 0.15) is 94.1 Å². The molecule has 2 aromatic carbocycles. The highest BCUT2D eigenvalue weighted by Gasteiger charge is 2.52. The molecule has 6 aliphatic heterocycles. The third-order valence-corrected chi connectivity index (χ3v) is 20.0. The van der Waals surface area contributed by atoms with E-state index in [1.165, 1.54) is 42.1 Å². The number of fused-ring (bicyclic) bond motifs is 3. The van der Waals surface area contributed by atoms with E-state index in [0.29, 0.717) is 78.4 Å². The lowest BCUT2D eigenvalue weighted by atomic mass is 9.80. The first-order valence-corrected chi connectivity index (χ1v) is 36.8. The van der Waals surface area contributed by atoms with Crippen molar-refractivity contribution in [2.45, 2.75) is 129 Å². The van der Waals surface area contributed by atoms with Gasteiger partial charge in [-0.2, -0.15) is 10.2 Å². The zero-order valence-corrected chi connectivity index (χ0v) is 64.9. The van der Waals surface area contributed by atoms with Crippen LogP contribution in [-0.2, 0) is 28.9 Å². The van der Waals surface area contributed by atoms with Crippen LogP contribution in [-0.4, -0.2) is 189 Å². The number of alkyl halides is 8. The van der Waals surface area contributed by atoms with Gasteiger partial charge < -0.3 is 38.8 Å². The molecule has 36 heteroatoms. The van der Waals surface area contributed by atoms with E-state index in [4.69, 9.17) is 58.7 Å². The van der Waals surface area contributed by atoms with E-state index in [2.05, 4.69) is 104 Å². The standard InChI is InChI=1S/C23H22F2N6O.C21H26BN3O3.C16H15F2N5.C8H8ClF2N3.C4H2Cl2N2.C4H7F2N/c1-15-19-9-17(20-11-26-12-21(28-20)30-8-7-23(24,25)14-30)10-27-22(19)31(29-15)13-16-3-5-18(32-2)6-4-16;1-14-18-11-16(22-27-20(2,3)21(4,5)28-22)12-23-19(18)25(24-14)13-15-7-9-17(26-6)10-8-15;1-10-12-4-11(5-21-14(12)7-20-10)13-6-19-8-15(22-13)23-3-2-16(17,18)9-23;9-6-3-12-4-7(13-6)14-2-1-8(10,11)5-14;5-3-1-7-2-4(6)8-3;5-4(6)1-2-7-3-4/h3-6,9-12H,7-8,13-14H2,1-2H3;7-12H,13H2,1-6H3;4-6,8H,2-3,7,9H2,1H3;3-4H,1-2,5H2;1-2H;7H,1-3H2. The fraction of sp³-hybridized carbons (Fsp3) is 0.395. The molecule has 5 saturated heterocycles. The third kappa shape index (κ3) is 20.5. The normalized spacial score (nSPS) is 17.7. The Morgan fingerprint density at radius 3 is 1.33 bits per heavy atom. The summed E-state index contributed by atoms with van der Waals surface area (Å²) in [5, 5.41) is 14.7. The number of aryl methyl sites for hydroxylation is 2. The number of ether oxygens (including phenoxy) is 2. The maximum atomic E-state index is 13.6. The molecule has 112 heavy (non-hydrogen) atoms. The number of nitrogens with one attached hydrogen (secondary N) is 1. The van der Waals surface area contributed by atoms with Crippen molar-refractivity contribution in [3.63, 3.8) is 0 Å². The summed E-state index contributed by atoms with van der Waals surface area (Å²) in [7, 11) is 2.88. The number of aromatic nitrogens is 15.